The van der Waals surface area contributed by atoms with Gasteiger partial charge in [0.25, 0.3) is 0 Å². The Hall–Kier alpha value is -1.51. The molecule has 0 spiro atoms. The maximum Gasteiger partial charge on any atom is 0.119 e. The lowest BCUT2D eigenvalue weighted by Gasteiger charge is -2.24. The van der Waals surface area contributed by atoms with E-state index in [1.165, 1.54) is 31.2 Å². The second-order valence-electron chi connectivity index (χ2n) is 5.07. The molecule has 1 aromatic rings. The Kier molecular flexibility index (Phi) is 4.24. The molecule has 0 radical (unpaired) electrons. The van der Waals surface area contributed by atoms with Crippen LogP contribution in [0.4, 0.5) is 0 Å². The molecule has 0 amide bonds. The van der Waals surface area contributed by atoms with Gasteiger partial charge < -0.3 is 9.64 Å². The van der Waals surface area contributed by atoms with Crippen molar-refractivity contribution in [3.63, 3.8) is 0 Å². The number of rotatable bonds is 4. The van der Waals surface area contributed by atoms with Crippen molar-refractivity contribution in [2.75, 3.05) is 14.2 Å². The van der Waals surface area contributed by atoms with Crippen LogP contribution in [0.5, 0.6) is 5.75 Å². The fourth-order valence-corrected chi connectivity index (χ4v) is 2.64. The lowest BCUT2D eigenvalue weighted by molar-refractivity contribution is 0.411. The maximum atomic E-state index is 8.23. The van der Waals surface area contributed by atoms with Crippen molar-refractivity contribution in [2.45, 2.75) is 32.2 Å². The largest absolute Gasteiger partial charge is 0.497 e. The van der Waals surface area contributed by atoms with Crippen molar-refractivity contribution in [3.8, 4) is 5.75 Å². The third kappa shape index (κ3) is 3.03. The molecule has 0 heterocycles. The van der Waals surface area contributed by atoms with E-state index >= 15 is 0 Å². The summed E-state index contributed by atoms with van der Waals surface area (Å²) in [5.41, 5.74) is 1.19. The Labute approximate surface area is 109 Å². The number of nitrogens with zero attached hydrogens (tertiary/aromatic N) is 1. The van der Waals surface area contributed by atoms with Gasteiger partial charge in [-0.2, -0.15) is 0 Å². The van der Waals surface area contributed by atoms with E-state index in [4.69, 9.17) is 10.1 Å². The molecule has 3 nitrogen and oxygen atoms in total. The molecule has 1 N–H and O–H groups in total. The zero-order valence-electron chi connectivity index (χ0n) is 11.3. The van der Waals surface area contributed by atoms with E-state index in [0.29, 0.717) is 5.92 Å². The van der Waals surface area contributed by atoms with Crippen LogP contribution in [0.3, 0.4) is 0 Å². The minimum atomic E-state index is 0.473. The van der Waals surface area contributed by atoms with Crippen molar-refractivity contribution in [2.24, 2.45) is 5.92 Å². The summed E-state index contributed by atoms with van der Waals surface area (Å²) in [7, 11) is 3.70. The van der Waals surface area contributed by atoms with Crippen LogP contribution in [0.1, 0.15) is 31.2 Å². The summed E-state index contributed by atoms with van der Waals surface area (Å²) < 4.78 is 5.22. The molecule has 1 aliphatic rings. The van der Waals surface area contributed by atoms with E-state index in [0.717, 1.165) is 18.1 Å². The molecular weight excluding hydrogens is 224 g/mol. The number of ether oxygens (including phenoxy) is 1. The first-order valence-electron chi connectivity index (χ1n) is 6.63. The Morgan fingerprint density at radius 1 is 1.39 bits per heavy atom. The number of hydrogen-bond donors (Lipinski definition) is 1. The van der Waals surface area contributed by atoms with Gasteiger partial charge in [-0.05, 0) is 30.5 Å². The molecule has 0 bridgehead atoms. The highest BCUT2D eigenvalue weighted by molar-refractivity contribution is 5.81. The quantitative estimate of drug-likeness (QED) is 0.653. The highest BCUT2D eigenvalue weighted by Crippen LogP contribution is 2.27. The first-order chi connectivity index (χ1) is 8.70. The van der Waals surface area contributed by atoms with Gasteiger partial charge in [0.1, 0.15) is 5.75 Å². The molecule has 1 fully saturated rings. The number of hydrogen-bond acceptors (Lipinski definition) is 2. The van der Waals surface area contributed by atoms with Crippen LogP contribution >= 0.6 is 0 Å². The highest BCUT2D eigenvalue weighted by Gasteiger charge is 2.22. The van der Waals surface area contributed by atoms with Gasteiger partial charge in [0.15, 0.2) is 0 Å². The minimum absolute atomic E-state index is 0.473. The summed E-state index contributed by atoms with van der Waals surface area (Å²) in [6, 6.07) is 8.08. The zero-order valence-corrected chi connectivity index (χ0v) is 11.3. The SMILES string of the molecule is COc1cccc(CN(C)C(=N)C2CCCC2)c1. The maximum absolute atomic E-state index is 8.23. The molecule has 1 saturated carbocycles. The first-order valence-corrected chi connectivity index (χ1v) is 6.63. The summed E-state index contributed by atoms with van der Waals surface area (Å²) in [5.74, 6) is 2.14. The second kappa shape index (κ2) is 5.89. The summed E-state index contributed by atoms with van der Waals surface area (Å²) >= 11 is 0. The van der Waals surface area contributed by atoms with Gasteiger partial charge in [-0.1, -0.05) is 25.0 Å². The van der Waals surface area contributed by atoms with Crippen molar-refractivity contribution in [1.29, 1.82) is 5.41 Å². The average Bonchev–Trinajstić information content (AvgIpc) is 2.92. The molecular formula is C15H22N2O. The van der Waals surface area contributed by atoms with Crippen LogP contribution in [-0.2, 0) is 6.54 Å². The average molecular weight is 246 g/mol. The molecule has 3 heteroatoms. The Morgan fingerprint density at radius 2 is 2.11 bits per heavy atom. The van der Waals surface area contributed by atoms with E-state index < -0.39 is 0 Å². The van der Waals surface area contributed by atoms with Crippen molar-refractivity contribution < 1.29 is 4.74 Å². The predicted octanol–water partition coefficient (Wildman–Crippen LogP) is 3.29. The van der Waals surface area contributed by atoms with Gasteiger partial charge >= 0.3 is 0 Å². The van der Waals surface area contributed by atoms with Crippen LogP contribution in [0.25, 0.3) is 0 Å². The molecule has 98 valence electrons. The fraction of sp³-hybridized carbons (Fsp3) is 0.533. The van der Waals surface area contributed by atoms with Gasteiger partial charge in [0.05, 0.1) is 12.9 Å². The van der Waals surface area contributed by atoms with Gasteiger partial charge in [0.2, 0.25) is 0 Å². The molecule has 0 aromatic heterocycles. The lowest BCUT2D eigenvalue weighted by Crippen LogP contribution is -2.30. The topological polar surface area (TPSA) is 36.3 Å². The van der Waals surface area contributed by atoms with Crippen molar-refractivity contribution >= 4 is 5.84 Å². The molecule has 0 atom stereocenters. The van der Waals surface area contributed by atoms with Crippen LogP contribution < -0.4 is 4.74 Å². The Balaban J connectivity index is 1.97. The number of methoxy groups -OCH3 is 1. The normalized spacial score (nSPS) is 15.7. The summed E-state index contributed by atoms with van der Waals surface area (Å²) in [6.45, 7) is 0.784. The van der Waals surface area contributed by atoms with Crippen molar-refractivity contribution in [1.82, 2.24) is 4.90 Å². The van der Waals surface area contributed by atoms with E-state index in [-0.39, 0.29) is 0 Å². The van der Waals surface area contributed by atoms with Gasteiger partial charge in [-0.25, -0.2) is 0 Å². The molecule has 1 aromatic carbocycles. The molecule has 1 aliphatic carbocycles. The molecule has 2 rings (SSSR count). The summed E-state index contributed by atoms with van der Waals surface area (Å²) in [5, 5.41) is 8.23. The van der Waals surface area contributed by atoms with E-state index in [9.17, 15) is 0 Å². The number of nitrogens with one attached hydrogen (secondary N) is 1. The molecule has 18 heavy (non-hydrogen) atoms. The van der Waals surface area contributed by atoms with Gasteiger partial charge in [0, 0.05) is 19.5 Å². The third-order valence-corrected chi connectivity index (χ3v) is 3.71. The van der Waals surface area contributed by atoms with E-state index in [2.05, 4.69) is 11.0 Å². The standard InChI is InChI=1S/C15H22N2O/c1-17(15(16)13-7-3-4-8-13)11-12-6-5-9-14(10-12)18-2/h5-6,9-10,13,16H,3-4,7-8,11H2,1-2H3. The van der Waals surface area contributed by atoms with Gasteiger partial charge in [-0.15, -0.1) is 0 Å². The number of amidine groups is 1. The second-order valence-corrected chi connectivity index (χ2v) is 5.07. The highest BCUT2D eigenvalue weighted by atomic mass is 16.5. The van der Waals surface area contributed by atoms with Crippen LogP contribution in [0, 0.1) is 11.3 Å². The molecule has 0 unspecified atom stereocenters. The van der Waals surface area contributed by atoms with Crippen molar-refractivity contribution in [3.05, 3.63) is 29.8 Å². The van der Waals surface area contributed by atoms with E-state index in [1.807, 2.05) is 25.2 Å². The Bertz CT molecular complexity index is 411. The smallest absolute Gasteiger partial charge is 0.119 e. The molecule has 0 aliphatic heterocycles. The lowest BCUT2D eigenvalue weighted by atomic mass is 10.1. The zero-order chi connectivity index (χ0) is 13.0. The van der Waals surface area contributed by atoms with Crippen LogP contribution in [-0.4, -0.2) is 24.9 Å². The van der Waals surface area contributed by atoms with E-state index in [1.54, 1.807) is 7.11 Å². The first kappa shape index (κ1) is 12.9. The fourth-order valence-electron chi connectivity index (χ4n) is 2.64. The predicted molar refractivity (Wildman–Crippen MR) is 74.1 cm³/mol. The Morgan fingerprint density at radius 3 is 2.78 bits per heavy atom. The monoisotopic (exact) mass is 246 g/mol. The van der Waals surface area contributed by atoms with Gasteiger partial charge in [-0.3, -0.25) is 5.41 Å². The minimum Gasteiger partial charge on any atom is -0.497 e. The van der Waals surface area contributed by atoms with Crippen LogP contribution in [0.15, 0.2) is 24.3 Å². The third-order valence-electron chi connectivity index (χ3n) is 3.71. The molecule has 0 saturated heterocycles. The summed E-state index contributed by atoms with van der Waals surface area (Å²) in [4.78, 5) is 2.06. The summed E-state index contributed by atoms with van der Waals surface area (Å²) in [6.07, 6.45) is 4.92. The van der Waals surface area contributed by atoms with Crippen LogP contribution in [0.2, 0.25) is 0 Å². The number of benzene rings is 1.